The van der Waals surface area contributed by atoms with Gasteiger partial charge >= 0.3 is 0 Å². The Labute approximate surface area is 204 Å². The number of hydrogen-bond donors (Lipinski definition) is 1. The number of nitrogens with zero attached hydrogens (tertiary/aromatic N) is 3. The van der Waals surface area contributed by atoms with Gasteiger partial charge in [-0.25, -0.2) is 8.42 Å². The van der Waals surface area contributed by atoms with E-state index < -0.39 is 16.1 Å². The molecule has 0 bridgehead atoms. The van der Waals surface area contributed by atoms with E-state index in [0.29, 0.717) is 24.4 Å². The second-order valence-electron chi connectivity index (χ2n) is 8.61. The fraction of sp³-hybridized carbons (Fsp3) is 0.375. The zero-order valence-electron chi connectivity index (χ0n) is 18.6. The van der Waals surface area contributed by atoms with Gasteiger partial charge in [0.1, 0.15) is 6.04 Å². The van der Waals surface area contributed by atoms with E-state index in [1.165, 1.54) is 27.4 Å². The second-order valence-corrected chi connectivity index (χ2v) is 11.0. The van der Waals surface area contributed by atoms with Gasteiger partial charge in [-0.3, -0.25) is 9.59 Å². The lowest BCUT2D eigenvalue weighted by molar-refractivity contribution is -0.125. The quantitative estimate of drug-likeness (QED) is 0.655. The molecule has 0 spiro atoms. The third-order valence-electron chi connectivity index (χ3n) is 6.29. The highest BCUT2D eigenvalue weighted by Crippen LogP contribution is 2.27. The molecule has 34 heavy (non-hydrogen) atoms. The Hall–Kier alpha value is -2.93. The Bertz CT molecular complexity index is 1240. The second kappa shape index (κ2) is 9.74. The van der Waals surface area contributed by atoms with Crippen molar-refractivity contribution in [3.8, 4) is 6.07 Å². The Balaban J connectivity index is 1.47. The fourth-order valence-corrected chi connectivity index (χ4v) is 5.95. The number of likely N-dealkylation sites (tertiary alicyclic amines) is 1. The van der Waals surface area contributed by atoms with Gasteiger partial charge in [-0.15, -0.1) is 0 Å². The predicted octanol–water partition coefficient (Wildman–Crippen LogP) is 2.97. The van der Waals surface area contributed by atoms with Gasteiger partial charge < -0.3 is 10.2 Å². The summed E-state index contributed by atoms with van der Waals surface area (Å²) in [5.74, 6) is -0.939. The summed E-state index contributed by atoms with van der Waals surface area (Å²) in [6.45, 7) is 2.58. The number of rotatable bonds is 6. The third-order valence-corrected chi connectivity index (χ3v) is 8.37. The van der Waals surface area contributed by atoms with Crippen LogP contribution in [0.5, 0.6) is 0 Å². The Kier molecular flexibility index (Phi) is 6.94. The first-order chi connectivity index (χ1) is 16.2. The molecule has 0 unspecified atom stereocenters. The maximum absolute atomic E-state index is 13.3. The van der Waals surface area contributed by atoms with Crippen LogP contribution >= 0.6 is 11.6 Å². The SMILES string of the molecule is C[C@@H](NC(=O)[C@H]1CCCN1C(=O)c1cccc(S(=O)(=O)N2CC(C#N)C2)c1)c1ccc(Cl)cc1. The van der Waals surface area contributed by atoms with Crippen molar-refractivity contribution in [2.24, 2.45) is 5.92 Å². The van der Waals surface area contributed by atoms with E-state index in [-0.39, 0.29) is 47.3 Å². The van der Waals surface area contributed by atoms with Crippen molar-refractivity contribution >= 4 is 33.4 Å². The molecule has 4 rings (SSSR count). The normalized spacial score (nSPS) is 19.8. The van der Waals surface area contributed by atoms with E-state index >= 15 is 0 Å². The molecule has 0 saturated carbocycles. The molecule has 2 heterocycles. The number of hydrogen-bond acceptors (Lipinski definition) is 5. The molecule has 178 valence electrons. The summed E-state index contributed by atoms with van der Waals surface area (Å²) >= 11 is 5.93. The maximum atomic E-state index is 13.3. The molecule has 0 radical (unpaired) electrons. The number of benzene rings is 2. The molecule has 0 aliphatic carbocycles. The van der Waals surface area contributed by atoms with E-state index in [1.807, 2.05) is 19.1 Å². The van der Waals surface area contributed by atoms with Gasteiger partial charge in [0, 0.05) is 30.2 Å². The lowest BCUT2D eigenvalue weighted by Gasteiger charge is -2.34. The monoisotopic (exact) mass is 500 g/mol. The lowest BCUT2D eigenvalue weighted by atomic mass is 10.1. The lowest BCUT2D eigenvalue weighted by Crippen LogP contribution is -2.49. The molecule has 2 aromatic carbocycles. The molecule has 2 aromatic rings. The molecule has 2 aliphatic heterocycles. The Morgan fingerprint density at radius 2 is 1.88 bits per heavy atom. The predicted molar refractivity (Wildman–Crippen MR) is 126 cm³/mol. The van der Waals surface area contributed by atoms with Crippen molar-refractivity contribution in [3.05, 3.63) is 64.7 Å². The summed E-state index contributed by atoms with van der Waals surface area (Å²) in [6.07, 6.45) is 1.21. The molecular formula is C24H25ClN4O4S. The van der Waals surface area contributed by atoms with Gasteiger partial charge in [0.25, 0.3) is 5.91 Å². The number of carbonyl (C=O) groups excluding carboxylic acids is 2. The standard InChI is InChI=1S/C24H25ClN4O4S/c1-16(18-7-9-20(25)10-8-18)27-23(30)22-6-3-11-29(22)24(31)19-4-2-5-21(12-19)34(32,33)28-14-17(13-26)15-28/h2,4-5,7-10,12,16-17,22H,3,6,11,14-15H2,1H3,(H,27,30)/t16-,22-/m1/s1. The molecule has 0 aromatic heterocycles. The highest BCUT2D eigenvalue weighted by Gasteiger charge is 2.38. The first-order valence-corrected chi connectivity index (χ1v) is 12.9. The summed E-state index contributed by atoms with van der Waals surface area (Å²) in [5.41, 5.74) is 1.11. The highest BCUT2D eigenvalue weighted by molar-refractivity contribution is 7.89. The molecule has 2 fully saturated rings. The molecular weight excluding hydrogens is 476 g/mol. The molecule has 1 N–H and O–H groups in total. The fourth-order valence-electron chi connectivity index (χ4n) is 4.25. The van der Waals surface area contributed by atoms with Crippen LogP contribution in [0.15, 0.2) is 53.4 Å². The number of nitriles is 1. The van der Waals surface area contributed by atoms with Crippen LogP contribution in [-0.4, -0.2) is 55.1 Å². The summed E-state index contributed by atoms with van der Waals surface area (Å²) in [5, 5.41) is 12.5. The number of nitrogens with one attached hydrogen (secondary N) is 1. The first-order valence-electron chi connectivity index (χ1n) is 11.1. The average Bonchev–Trinajstić information content (AvgIpc) is 3.28. The van der Waals surface area contributed by atoms with E-state index in [2.05, 4.69) is 11.4 Å². The molecule has 10 heteroatoms. The Morgan fingerprint density at radius 3 is 2.56 bits per heavy atom. The van der Waals surface area contributed by atoms with Crippen LogP contribution in [0.3, 0.4) is 0 Å². The van der Waals surface area contributed by atoms with E-state index in [0.717, 1.165) is 5.56 Å². The van der Waals surface area contributed by atoms with Gasteiger partial charge in [0.05, 0.1) is 22.9 Å². The van der Waals surface area contributed by atoms with Crippen LogP contribution in [0.4, 0.5) is 0 Å². The van der Waals surface area contributed by atoms with Crippen molar-refractivity contribution in [2.75, 3.05) is 19.6 Å². The number of carbonyl (C=O) groups is 2. The van der Waals surface area contributed by atoms with Crippen molar-refractivity contribution in [1.29, 1.82) is 5.26 Å². The number of halogens is 1. The summed E-state index contributed by atoms with van der Waals surface area (Å²) in [4.78, 5) is 27.8. The molecule has 8 nitrogen and oxygen atoms in total. The van der Waals surface area contributed by atoms with Crippen molar-refractivity contribution in [3.63, 3.8) is 0 Å². The van der Waals surface area contributed by atoms with E-state index in [9.17, 15) is 18.0 Å². The van der Waals surface area contributed by atoms with Crippen LogP contribution in [0.25, 0.3) is 0 Å². The Morgan fingerprint density at radius 1 is 1.18 bits per heavy atom. The molecule has 2 saturated heterocycles. The molecule has 2 aliphatic rings. The largest absolute Gasteiger partial charge is 0.348 e. The minimum atomic E-state index is -3.78. The minimum Gasteiger partial charge on any atom is -0.348 e. The molecule has 2 amide bonds. The summed E-state index contributed by atoms with van der Waals surface area (Å²) in [7, 11) is -3.78. The van der Waals surface area contributed by atoms with Crippen LogP contribution in [-0.2, 0) is 14.8 Å². The van der Waals surface area contributed by atoms with Crippen LogP contribution < -0.4 is 5.32 Å². The highest BCUT2D eigenvalue weighted by atomic mass is 35.5. The van der Waals surface area contributed by atoms with Crippen molar-refractivity contribution in [1.82, 2.24) is 14.5 Å². The van der Waals surface area contributed by atoms with Crippen molar-refractivity contribution < 1.29 is 18.0 Å². The maximum Gasteiger partial charge on any atom is 0.254 e. The van der Waals surface area contributed by atoms with Gasteiger partial charge in [0.2, 0.25) is 15.9 Å². The van der Waals surface area contributed by atoms with Crippen LogP contribution in [0, 0.1) is 17.2 Å². The topological polar surface area (TPSA) is 111 Å². The van der Waals surface area contributed by atoms with Crippen LogP contribution in [0.2, 0.25) is 5.02 Å². The van der Waals surface area contributed by atoms with Crippen molar-refractivity contribution in [2.45, 2.75) is 36.7 Å². The molecule has 2 atom stereocenters. The van der Waals surface area contributed by atoms with E-state index in [1.54, 1.807) is 18.2 Å². The summed E-state index contributed by atoms with van der Waals surface area (Å²) in [6, 6.07) is 14.2. The third kappa shape index (κ3) is 4.80. The zero-order chi connectivity index (χ0) is 24.5. The number of sulfonamides is 1. The van der Waals surface area contributed by atoms with Gasteiger partial charge in [-0.05, 0) is 55.7 Å². The van der Waals surface area contributed by atoms with E-state index in [4.69, 9.17) is 16.9 Å². The average molecular weight is 501 g/mol. The van der Waals surface area contributed by atoms with Gasteiger partial charge in [-0.2, -0.15) is 9.57 Å². The van der Waals surface area contributed by atoms with Gasteiger partial charge in [0.15, 0.2) is 0 Å². The summed E-state index contributed by atoms with van der Waals surface area (Å²) < 4.78 is 26.9. The zero-order valence-corrected chi connectivity index (χ0v) is 20.2. The smallest absolute Gasteiger partial charge is 0.254 e. The number of amides is 2. The van der Waals surface area contributed by atoms with Crippen LogP contribution in [0.1, 0.15) is 41.7 Å². The van der Waals surface area contributed by atoms with Gasteiger partial charge in [-0.1, -0.05) is 29.8 Å². The minimum absolute atomic E-state index is 0.00583. The first kappa shape index (κ1) is 24.2.